The van der Waals surface area contributed by atoms with E-state index in [1.165, 1.54) is 13.2 Å². The van der Waals surface area contributed by atoms with Gasteiger partial charge in [-0.3, -0.25) is 4.79 Å². The van der Waals surface area contributed by atoms with Crippen molar-refractivity contribution < 1.29 is 14.3 Å². The summed E-state index contributed by atoms with van der Waals surface area (Å²) in [4.78, 5) is 12.6. The predicted octanol–water partition coefficient (Wildman–Crippen LogP) is 4.94. The molecule has 30 heavy (non-hydrogen) atoms. The average molecular weight is 421 g/mol. The lowest BCUT2D eigenvalue weighted by Crippen LogP contribution is -2.14. The van der Waals surface area contributed by atoms with Crippen molar-refractivity contribution in [1.82, 2.24) is 0 Å². The predicted molar refractivity (Wildman–Crippen MR) is 120 cm³/mol. The first kappa shape index (κ1) is 22.6. The Hall–Kier alpha value is -3.67. The first-order valence-corrected chi connectivity index (χ1v) is 9.39. The Morgan fingerprint density at radius 1 is 1.40 bits per heavy atom. The van der Waals surface area contributed by atoms with Crippen molar-refractivity contribution in [1.29, 1.82) is 5.26 Å². The van der Waals surface area contributed by atoms with E-state index in [0.29, 0.717) is 34.2 Å². The summed E-state index contributed by atoms with van der Waals surface area (Å²) in [7, 11) is 1.50. The van der Waals surface area contributed by atoms with Crippen LogP contribution in [0.3, 0.4) is 0 Å². The van der Waals surface area contributed by atoms with Gasteiger partial charge in [-0.2, -0.15) is 5.26 Å². The molecule has 6 heteroatoms. The van der Waals surface area contributed by atoms with Crippen molar-refractivity contribution in [3.8, 4) is 29.9 Å². The molecule has 0 spiro atoms. The molecule has 0 saturated carbocycles. The van der Waals surface area contributed by atoms with Crippen LogP contribution in [0.15, 0.2) is 48.6 Å². The number of terminal acetylenes is 1. The zero-order chi connectivity index (χ0) is 22.1. The van der Waals surface area contributed by atoms with Gasteiger partial charge in [0.1, 0.15) is 18.2 Å². The standard InChI is InChI=1S/C24H21ClN2O3/c1-5-8-18-12-17(14-22(29-4)23(18)30-11-6-2)13-19(15-26)24(28)27-21-10-7-9-20(25)16(21)3/h2,5,7,9-10,12-14H,1,8,11H2,3-4H3,(H,27,28)/b19-13+. The molecule has 0 heterocycles. The number of hydrogen-bond donors (Lipinski definition) is 1. The van der Waals surface area contributed by atoms with Gasteiger partial charge in [-0.25, -0.2) is 0 Å². The van der Waals surface area contributed by atoms with E-state index in [1.807, 2.05) is 6.07 Å². The lowest BCUT2D eigenvalue weighted by molar-refractivity contribution is -0.112. The van der Waals surface area contributed by atoms with E-state index in [4.69, 9.17) is 27.5 Å². The third-order valence-corrected chi connectivity index (χ3v) is 4.64. The Kier molecular flexibility index (Phi) is 8.11. The van der Waals surface area contributed by atoms with Gasteiger partial charge in [0.25, 0.3) is 5.91 Å². The van der Waals surface area contributed by atoms with Gasteiger partial charge in [-0.15, -0.1) is 13.0 Å². The van der Waals surface area contributed by atoms with Crippen molar-refractivity contribution in [2.75, 3.05) is 19.0 Å². The van der Waals surface area contributed by atoms with Crippen LogP contribution in [0.2, 0.25) is 5.02 Å². The van der Waals surface area contributed by atoms with Crippen LogP contribution in [0.1, 0.15) is 16.7 Å². The zero-order valence-electron chi connectivity index (χ0n) is 16.8. The van der Waals surface area contributed by atoms with E-state index >= 15 is 0 Å². The molecule has 2 aromatic rings. The lowest BCUT2D eigenvalue weighted by atomic mass is 10.0. The molecule has 0 aromatic heterocycles. The van der Waals surface area contributed by atoms with Gasteiger partial charge in [-0.05, 0) is 54.8 Å². The fourth-order valence-electron chi connectivity index (χ4n) is 2.75. The summed E-state index contributed by atoms with van der Waals surface area (Å²) in [5, 5.41) is 12.8. The highest BCUT2D eigenvalue weighted by Crippen LogP contribution is 2.34. The highest BCUT2D eigenvalue weighted by molar-refractivity contribution is 6.31. The number of amides is 1. The van der Waals surface area contributed by atoms with E-state index in [-0.39, 0.29) is 12.2 Å². The molecule has 0 aliphatic rings. The van der Waals surface area contributed by atoms with Gasteiger partial charge in [0.05, 0.1) is 7.11 Å². The highest BCUT2D eigenvalue weighted by Gasteiger charge is 2.15. The van der Waals surface area contributed by atoms with Crippen LogP contribution >= 0.6 is 11.6 Å². The van der Waals surface area contributed by atoms with Crippen LogP contribution in [-0.2, 0) is 11.2 Å². The minimum Gasteiger partial charge on any atom is -0.493 e. The lowest BCUT2D eigenvalue weighted by Gasteiger charge is -2.14. The summed E-state index contributed by atoms with van der Waals surface area (Å²) in [6.45, 7) is 5.62. The van der Waals surface area contributed by atoms with Crippen LogP contribution in [0.4, 0.5) is 5.69 Å². The quantitative estimate of drug-likeness (QED) is 0.284. The molecule has 152 valence electrons. The van der Waals surface area contributed by atoms with E-state index in [9.17, 15) is 10.1 Å². The molecule has 0 unspecified atom stereocenters. The number of anilines is 1. The average Bonchev–Trinajstić information content (AvgIpc) is 2.74. The van der Waals surface area contributed by atoms with Gasteiger partial charge >= 0.3 is 0 Å². The summed E-state index contributed by atoms with van der Waals surface area (Å²) in [6.07, 6.45) is 8.98. The summed E-state index contributed by atoms with van der Waals surface area (Å²) < 4.78 is 11.0. The summed E-state index contributed by atoms with van der Waals surface area (Å²) in [5.41, 5.74) is 2.56. The summed E-state index contributed by atoms with van der Waals surface area (Å²) >= 11 is 6.09. The summed E-state index contributed by atoms with van der Waals surface area (Å²) in [6, 6.07) is 10.6. The van der Waals surface area contributed by atoms with Crippen molar-refractivity contribution in [2.45, 2.75) is 13.3 Å². The van der Waals surface area contributed by atoms with Crippen molar-refractivity contribution in [3.05, 3.63) is 70.3 Å². The molecular weight excluding hydrogens is 400 g/mol. The topological polar surface area (TPSA) is 71.3 Å². The first-order valence-electron chi connectivity index (χ1n) is 9.01. The number of benzene rings is 2. The molecular formula is C24H21ClN2O3. The molecule has 2 aromatic carbocycles. The van der Waals surface area contributed by atoms with E-state index in [0.717, 1.165) is 11.1 Å². The fourth-order valence-corrected chi connectivity index (χ4v) is 2.93. The smallest absolute Gasteiger partial charge is 0.266 e. The molecule has 0 bridgehead atoms. The maximum absolute atomic E-state index is 12.6. The molecule has 1 N–H and O–H groups in total. The molecule has 0 fully saturated rings. The van der Waals surface area contributed by atoms with Crippen molar-refractivity contribution >= 4 is 29.3 Å². The maximum atomic E-state index is 12.6. The van der Waals surface area contributed by atoms with Gasteiger partial charge in [0, 0.05) is 16.3 Å². The van der Waals surface area contributed by atoms with Gasteiger partial charge < -0.3 is 14.8 Å². The number of carbonyl (C=O) groups is 1. The number of nitrogens with one attached hydrogen (secondary N) is 1. The van der Waals surface area contributed by atoms with Crippen molar-refractivity contribution in [2.24, 2.45) is 0 Å². The maximum Gasteiger partial charge on any atom is 0.266 e. The number of halogens is 1. The molecule has 2 rings (SSSR count). The van der Waals surface area contributed by atoms with Crippen LogP contribution in [0.5, 0.6) is 11.5 Å². The number of hydrogen-bond acceptors (Lipinski definition) is 4. The molecule has 0 radical (unpaired) electrons. The third-order valence-electron chi connectivity index (χ3n) is 4.23. The van der Waals surface area contributed by atoms with Gasteiger partial charge in [-0.1, -0.05) is 29.7 Å². The Morgan fingerprint density at radius 2 is 2.17 bits per heavy atom. The second-order valence-corrected chi connectivity index (χ2v) is 6.64. The molecule has 0 saturated heterocycles. The SMILES string of the molecule is C#CCOc1c(CC=C)cc(/C=C(\C#N)C(=O)Nc2cccc(Cl)c2C)cc1OC. The second-order valence-electron chi connectivity index (χ2n) is 6.23. The van der Waals surface area contributed by atoms with Crippen LogP contribution in [0, 0.1) is 30.6 Å². The van der Waals surface area contributed by atoms with E-state index < -0.39 is 5.91 Å². The monoisotopic (exact) mass is 420 g/mol. The molecule has 0 aliphatic heterocycles. The number of allylic oxidation sites excluding steroid dienone is 1. The largest absolute Gasteiger partial charge is 0.493 e. The molecule has 0 aliphatic carbocycles. The number of carbonyl (C=O) groups excluding carboxylic acids is 1. The highest BCUT2D eigenvalue weighted by atomic mass is 35.5. The minimum absolute atomic E-state index is 0.0710. The molecule has 1 amide bonds. The minimum atomic E-state index is -0.542. The van der Waals surface area contributed by atoms with Crippen LogP contribution < -0.4 is 14.8 Å². The fraction of sp³-hybridized carbons (Fsp3) is 0.167. The first-order chi connectivity index (χ1) is 14.4. The van der Waals surface area contributed by atoms with Crippen LogP contribution in [-0.4, -0.2) is 19.6 Å². The number of rotatable bonds is 8. The Balaban J connectivity index is 2.42. The van der Waals surface area contributed by atoms with Gasteiger partial charge in [0.15, 0.2) is 11.5 Å². The third kappa shape index (κ3) is 5.44. The van der Waals surface area contributed by atoms with Crippen LogP contribution in [0.25, 0.3) is 6.08 Å². The Morgan fingerprint density at radius 3 is 2.80 bits per heavy atom. The molecule has 5 nitrogen and oxygen atoms in total. The second kappa shape index (κ2) is 10.8. The van der Waals surface area contributed by atoms with Crippen molar-refractivity contribution in [3.63, 3.8) is 0 Å². The Bertz CT molecular complexity index is 1080. The number of nitriles is 1. The van der Waals surface area contributed by atoms with E-state index in [2.05, 4.69) is 17.8 Å². The molecule has 0 atom stereocenters. The normalized spacial score (nSPS) is 10.5. The van der Waals surface area contributed by atoms with Gasteiger partial charge in [0.2, 0.25) is 0 Å². The Labute approximate surface area is 181 Å². The summed E-state index contributed by atoms with van der Waals surface area (Å²) in [5.74, 6) is 2.82. The number of nitrogens with zero attached hydrogens (tertiary/aromatic N) is 1. The van der Waals surface area contributed by atoms with E-state index in [1.54, 1.807) is 43.3 Å². The number of methoxy groups -OCH3 is 1. The zero-order valence-corrected chi connectivity index (χ0v) is 17.5. The number of ether oxygens (including phenoxy) is 2.